The van der Waals surface area contributed by atoms with Crippen LogP contribution in [0.25, 0.3) is 11.0 Å². The molecule has 2 aromatic rings. The molecule has 6 nitrogen and oxygen atoms in total. The van der Waals surface area contributed by atoms with Crippen molar-refractivity contribution in [3.05, 3.63) is 18.2 Å². The third-order valence-electron chi connectivity index (χ3n) is 3.83. The lowest BCUT2D eigenvalue weighted by molar-refractivity contribution is 0.218. The molecule has 2 fully saturated rings. The number of rotatable bonds is 2. The quantitative estimate of drug-likeness (QED) is 0.856. The van der Waals surface area contributed by atoms with Crippen molar-refractivity contribution in [2.24, 2.45) is 0 Å². The van der Waals surface area contributed by atoms with E-state index in [4.69, 9.17) is 5.73 Å². The van der Waals surface area contributed by atoms with Crippen LogP contribution in [0.1, 0.15) is 12.8 Å². The van der Waals surface area contributed by atoms with Crippen molar-refractivity contribution in [3.8, 4) is 0 Å². The summed E-state index contributed by atoms with van der Waals surface area (Å²) in [5, 5.41) is 0. The number of nitrogens with one attached hydrogen (secondary N) is 1. The smallest absolute Gasteiger partial charge is 0.324 e. The van der Waals surface area contributed by atoms with Gasteiger partial charge in [-0.1, -0.05) is 6.07 Å². The zero-order chi connectivity index (χ0) is 13.0. The summed E-state index contributed by atoms with van der Waals surface area (Å²) < 4.78 is 0. The van der Waals surface area contributed by atoms with Gasteiger partial charge >= 0.3 is 6.03 Å². The number of fused-ring (bicyclic) bond motifs is 1. The molecule has 1 aromatic carbocycles. The maximum atomic E-state index is 12.4. The van der Waals surface area contributed by atoms with E-state index in [9.17, 15) is 4.79 Å². The molecular formula is C13H15N5O. The number of nitrogens with two attached hydrogens (primary N) is 1. The molecule has 0 atom stereocenters. The lowest BCUT2D eigenvalue weighted by Crippen LogP contribution is -2.33. The number of urea groups is 1. The van der Waals surface area contributed by atoms with Crippen molar-refractivity contribution in [2.75, 3.05) is 23.7 Å². The summed E-state index contributed by atoms with van der Waals surface area (Å²) >= 11 is 0. The summed E-state index contributed by atoms with van der Waals surface area (Å²) in [7, 11) is 0. The van der Waals surface area contributed by atoms with Crippen LogP contribution in [0.2, 0.25) is 0 Å². The number of carbonyl (C=O) groups excluding carboxylic acids is 1. The molecule has 0 bridgehead atoms. The van der Waals surface area contributed by atoms with Crippen LogP contribution in [0.15, 0.2) is 18.2 Å². The van der Waals surface area contributed by atoms with Gasteiger partial charge in [0.2, 0.25) is 0 Å². The van der Waals surface area contributed by atoms with E-state index in [0.717, 1.165) is 42.7 Å². The maximum Gasteiger partial charge on any atom is 0.324 e. The van der Waals surface area contributed by atoms with E-state index in [1.54, 1.807) is 4.90 Å². The molecule has 4 rings (SSSR count). The number of carbonyl (C=O) groups is 1. The lowest BCUT2D eigenvalue weighted by atomic mass is 10.2. The molecule has 1 aliphatic carbocycles. The van der Waals surface area contributed by atoms with Crippen molar-refractivity contribution in [2.45, 2.75) is 18.9 Å². The highest BCUT2D eigenvalue weighted by atomic mass is 16.2. The Balaban J connectivity index is 1.76. The predicted molar refractivity (Wildman–Crippen MR) is 73.0 cm³/mol. The zero-order valence-corrected chi connectivity index (χ0v) is 10.5. The summed E-state index contributed by atoms with van der Waals surface area (Å²) in [6.45, 7) is 1.53. The monoisotopic (exact) mass is 257 g/mol. The van der Waals surface area contributed by atoms with Gasteiger partial charge in [-0.05, 0) is 25.0 Å². The summed E-state index contributed by atoms with van der Waals surface area (Å²) in [5.74, 6) is 0.383. The first-order valence-electron chi connectivity index (χ1n) is 6.56. The SMILES string of the molecule is Nc1nc2c(N3CCN(C4CC4)C3=O)cccc2[nH]1. The highest BCUT2D eigenvalue weighted by Crippen LogP contribution is 2.34. The Morgan fingerprint density at radius 2 is 2.16 bits per heavy atom. The molecule has 1 aliphatic heterocycles. The average Bonchev–Trinajstić information content (AvgIpc) is 3.05. The molecule has 98 valence electrons. The van der Waals surface area contributed by atoms with Gasteiger partial charge in [0.1, 0.15) is 5.52 Å². The first-order valence-corrected chi connectivity index (χ1v) is 6.56. The Labute approximate surface area is 110 Å². The summed E-state index contributed by atoms with van der Waals surface area (Å²) in [6.07, 6.45) is 2.28. The minimum Gasteiger partial charge on any atom is -0.369 e. The van der Waals surface area contributed by atoms with Gasteiger partial charge in [-0.3, -0.25) is 4.90 Å². The fourth-order valence-electron chi connectivity index (χ4n) is 2.76. The van der Waals surface area contributed by atoms with Gasteiger partial charge in [-0.2, -0.15) is 0 Å². The van der Waals surface area contributed by atoms with E-state index in [1.807, 2.05) is 23.1 Å². The molecular weight excluding hydrogens is 242 g/mol. The minimum atomic E-state index is 0.0940. The Hall–Kier alpha value is -2.24. The van der Waals surface area contributed by atoms with Crippen molar-refractivity contribution >= 4 is 28.7 Å². The first-order chi connectivity index (χ1) is 9.24. The average molecular weight is 257 g/mol. The Kier molecular flexibility index (Phi) is 2.04. The number of aromatic amines is 1. The van der Waals surface area contributed by atoms with Gasteiger partial charge < -0.3 is 15.6 Å². The largest absolute Gasteiger partial charge is 0.369 e. The van der Waals surface area contributed by atoms with Crippen molar-refractivity contribution in [1.82, 2.24) is 14.9 Å². The molecule has 0 radical (unpaired) electrons. The second-order valence-corrected chi connectivity index (χ2v) is 5.15. The van der Waals surface area contributed by atoms with Crippen molar-refractivity contribution in [3.63, 3.8) is 0 Å². The van der Waals surface area contributed by atoms with E-state index in [1.165, 1.54) is 0 Å². The zero-order valence-electron chi connectivity index (χ0n) is 10.5. The topological polar surface area (TPSA) is 78.2 Å². The molecule has 0 unspecified atom stereocenters. The molecule has 2 heterocycles. The van der Waals surface area contributed by atoms with Crippen molar-refractivity contribution in [1.29, 1.82) is 0 Å². The van der Waals surface area contributed by atoms with Crippen LogP contribution in [-0.2, 0) is 0 Å². The van der Waals surface area contributed by atoms with Gasteiger partial charge in [0, 0.05) is 19.1 Å². The van der Waals surface area contributed by atoms with Crippen LogP contribution < -0.4 is 10.6 Å². The van der Waals surface area contributed by atoms with E-state index in [-0.39, 0.29) is 6.03 Å². The highest BCUT2D eigenvalue weighted by Gasteiger charge is 2.40. The van der Waals surface area contributed by atoms with Gasteiger partial charge in [0.15, 0.2) is 5.95 Å². The molecule has 1 saturated carbocycles. The van der Waals surface area contributed by atoms with Crippen LogP contribution in [0.5, 0.6) is 0 Å². The number of H-pyrrole nitrogens is 1. The molecule has 3 N–H and O–H groups in total. The van der Waals surface area contributed by atoms with E-state index in [2.05, 4.69) is 9.97 Å². The van der Waals surface area contributed by atoms with Gasteiger partial charge in [0.25, 0.3) is 0 Å². The number of anilines is 2. The number of hydrogen-bond donors (Lipinski definition) is 2. The molecule has 6 heteroatoms. The maximum absolute atomic E-state index is 12.4. The normalized spacial score (nSPS) is 19.7. The van der Waals surface area contributed by atoms with Crippen molar-refractivity contribution < 1.29 is 4.79 Å². The minimum absolute atomic E-state index is 0.0940. The number of hydrogen-bond acceptors (Lipinski definition) is 3. The van der Waals surface area contributed by atoms with Gasteiger partial charge in [-0.25, -0.2) is 9.78 Å². The van der Waals surface area contributed by atoms with Crippen LogP contribution in [0, 0.1) is 0 Å². The van der Waals surface area contributed by atoms with Crippen LogP contribution in [0.3, 0.4) is 0 Å². The number of imidazole rings is 1. The predicted octanol–water partition coefficient (Wildman–Crippen LogP) is 1.55. The first kappa shape index (κ1) is 10.7. The second kappa shape index (κ2) is 3.63. The standard InChI is InChI=1S/C13H15N5O/c14-12-15-9-2-1-3-10(11(9)16-12)18-7-6-17(13(18)19)8-4-5-8/h1-3,8H,4-7H2,(H3,14,15,16). The Morgan fingerprint density at radius 3 is 2.95 bits per heavy atom. The van der Waals surface area contributed by atoms with E-state index < -0.39 is 0 Å². The van der Waals surface area contributed by atoms with Crippen LogP contribution in [-0.4, -0.2) is 40.0 Å². The van der Waals surface area contributed by atoms with E-state index in [0.29, 0.717) is 12.0 Å². The van der Waals surface area contributed by atoms with Crippen LogP contribution >= 0.6 is 0 Å². The van der Waals surface area contributed by atoms with Gasteiger partial charge in [0.05, 0.1) is 11.2 Å². The van der Waals surface area contributed by atoms with Gasteiger partial charge in [-0.15, -0.1) is 0 Å². The Bertz CT molecular complexity index is 660. The number of nitrogen functional groups attached to an aromatic ring is 1. The summed E-state index contributed by atoms with van der Waals surface area (Å²) in [4.78, 5) is 23.5. The number of nitrogens with zero attached hydrogens (tertiary/aromatic N) is 3. The fraction of sp³-hybridized carbons (Fsp3) is 0.385. The van der Waals surface area contributed by atoms with E-state index >= 15 is 0 Å². The molecule has 1 saturated heterocycles. The molecule has 2 amide bonds. The highest BCUT2D eigenvalue weighted by molar-refractivity contribution is 6.02. The summed E-state index contributed by atoms with van der Waals surface area (Å²) in [5.41, 5.74) is 8.18. The third kappa shape index (κ3) is 1.56. The summed E-state index contributed by atoms with van der Waals surface area (Å²) in [6, 6.07) is 6.32. The second-order valence-electron chi connectivity index (χ2n) is 5.15. The number of aromatic nitrogens is 2. The number of benzene rings is 1. The molecule has 1 aromatic heterocycles. The van der Waals surface area contributed by atoms with Crippen LogP contribution in [0.4, 0.5) is 16.4 Å². The lowest BCUT2D eigenvalue weighted by Gasteiger charge is -2.18. The number of para-hydroxylation sites is 1. The molecule has 2 aliphatic rings. The third-order valence-corrected chi connectivity index (χ3v) is 3.83. The Morgan fingerprint density at radius 1 is 1.32 bits per heavy atom. The molecule has 0 spiro atoms. The molecule has 19 heavy (non-hydrogen) atoms. The fourth-order valence-corrected chi connectivity index (χ4v) is 2.76. The number of amides is 2.